The van der Waals surface area contributed by atoms with Crippen molar-refractivity contribution in [2.24, 2.45) is 0 Å². The van der Waals surface area contributed by atoms with Gasteiger partial charge in [-0.25, -0.2) is 0 Å². The van der Waals surface area contributed by atoms with Crippen molar-refractivity contribution in [2.75, 3.05) is 0 Å². The first kappa shape index (κ1) is 9.71. The summed E-state index contributed by atoms with van der Waals surface area (Å²) >= 11 is 5.66. The van der Waals surface area contributed by atoms with Crippen molar-refractivity contribution in [3.05, 3.63) is 0 Å². The summed E-state index contributed by atoms with van der Waals surface area (Å²) in [6, 6.07) is 0. The number of nitrogens with one attached hydrogen (secondary N) is 1. The Kier molecular flexibility index (Phi) is 7.36. The van der Waals surface area contributed by atoms with E-state index in [2.05, 4.69) is 32.0 Å². The summed E-state index contributed by atoms with van der Waals surface area (Å²) in [5.41, 5.74) is 0. The van der Waals surface area contributed by atoms with E-state index < -0.39 is 0 Å². The maximum atomic E-state index is 7.07. The summed E-state index contributed by atoms with van der Waals surface area (Å²) in [6.07, 6.45) is 4.60. The summed E-state index contributed by atoms with van der Waals surface area (Å²) in [5.74, 6) is 0. The molecule has 0 aliphatic rings. The quantitative estimate of drug-likeness (QED) is 0.434. The van der Waals surface area contributed by atoms with Gasteiger partial charge in [-0.2, -0.15) is 0 Å². The van der Waals surface area contributed by atoms with Gasteiger partial charge in [-0.05, 0) is 0 Å². The first-order valence-electron chi connectivity index (χ1n) is 3.10. The fourth-order valence-electron chi connectivity index (χ4n) is 0.564. The Morgan fingerprint density at radius 2 is 1.89 bits per heavy atom. The molecular weight excluding hydrogens is 244 g/mol. The molecule has 0 saturated heterocycles. The van der Waals surface area contributed by atoms with E-state index >= 15 is 0 Å². The first-order chi connectivity index (χ1) is 4.27. The second-order valence-electron chi connectivity index (χ2n) is 1.94. The molecule has 0 aromatic carbocycles. The van der Waals surface area contributed by atoms with Gasteiger partial charge in [-0.15, -0.1) is 0 Å². The van der Waals surface area contributed by atoms with Gasteiger partial charge in [0.2, 0.25) is 0 Å². The predicted octanol–water partition coefficient (Wildman–Crippen LogP) is 1.28. The van der Waals surface area contributed by atoms with Crippen molar-refractivity contribution in [3.63, 3.8) is 0 Å². The van der Waals surface area contributed by atoms with E-state index in [1.165, 1.54) is 12.8 Å². The normalized spacial score (nSPS) is 9.44. The third kappa shape index (κ3) is 8.71. The molecule has 52 valence electrons. The molecule has 0 fully saturated rings. The van der Waals surface area contributed by atoms with E-state index in [0.717, 1.165) is 18.2 Å². The molecule has 0 aromatic heterocycles. The van der Waals surface area contributed by atoms with Gasteiger partial charge in [0.25, 0.3) is 0 Å². The van der Waals surface area contributed by atoms with E-state index in [0.29, 0.717) is 4.61 Å². The van der Waals surface area contributed by atoms with Crippen molar-refractivity contribution in [1.29, 1.82) is 5.41 Å². The van der Waals surface area contributed by atoms with Crippen LogP contribution in [0, 0.1) is 5.41 Å². The third-order valence-corrected chi connectivity index (χ3v) is 2.08. The monoisotopic (exact) mass is 257 g/mol. The van der Waals surface area contributed by atoms with Crippen molar-refractivity contribution in [1.82, 2.24) is 0 Å². The van der Waals surface area contributed by atoms with Crippen LogP contribution in [0.3, 0.4) is 0 Å². The summed E-state index contributed by atoms with van der Waals surface area (Å²) in [5, 5.41) is 8.22. The summed E-state index contributed by atoms with van der Waals surface area (Å²) in [7, 11) is 0. The zero-order chi connectivity index (χ0) is 7.11. The first-order valence-corrected chi connectivity index (χ1v) is 5.16. The average Bonchev–Trinajstić information content (AvgIpc) is 1.80. The summed E-state index contributed by atoms with van der Waals surface area (Å²) < 4.78 is 0.690. The van der Waals surface area contributed by atoms with Gasteiger partial charge < -0.3 is 0 Å². The van der Waals surface area contributed by atoms with Crippen molar-refractivity contribution < 1.29 is 0 Å². The minimum atomic E-state index is 0.690. The Labute approximate surface area is 73.1 Å². The Morgan fingerprint density at radius 3 is 2.33 bits per heavy atom. The second kappa shape index (κ2) is 6.82. The topological polar surface area (TPSA) is 23.9 Å². The van der Waals surface area contributed by atoms with E-state index in [1.807, 2.05) is 0 Å². The second-order valence-corrected chi connectivity index (χ2v) is 3.83. The van der Waals surface area contributed by atoms with Gasteiger partial charge in [-0.1, -0.05) is 0 Å². The zero-order valence-electron chi connectivity index (χ0n) is 5.35. The Hall–Kier alpha value is 0.709. The fourth-order valence-corrected chi connectivity index (χ4v) is 1.30. The van der Waals surface area contributed by atoms with E-state index in [1.54, 1.807) is 0 Å². The molecule has 0 aliphatic heterocycles. The Bertz CT molecular complexity index is 83.1. The van der Waals surface area contributed by atoms with Crippen LogP contribution >= 0.6 is 0 Å². The number of hydrogen-bond donors (Lipinski definition) is 1. The molecule has 0 unspecified atom stereocenters. The molecule has 0 atom stereocenters. The molecule has 0 saturated carbocycles. The number of unbranched alkanes of at least 4 members (excludes halogenated alkanes) is 2. The van der Waals surface area contributed by atoms with Crippen LogP contribution in [0.2, 0.25) is 5.32 Å². The van der Waals surface area contributed by atoms with Crippen LogP contribution in [0.4, 0.5) is 0 Å². The molecule has 0 heterocycles. The molecule has 9 heavy (non-hydrogen) atoms. The molecule has 0 bridgehead atoms. The molecule has 0 spiro atoms. The maximum absolute atomic E-state index is 7.07. The van der Waals surface area contributed by atoms with Gasteiger partial charge in [0.15, 0.2) is 0 Å². The van der Waals surface area contributed by atoms with E-state index in [-0.39, 0.29) is 0 Å². The molecule has 1 nitrogen and oxygen atoms in total. The summed E-state index contributed by atoms with van der Waals surface area (Å²) in [4.78, 5) is 0. The number of rotatable bonds is 5. The van der Waals surface area contributed by atoms with Crippen LogP contribution in [0.25, 0.3) is 0 Å². The van der Waals surface area contributed by atoms with E-state index in [9.17, 15) is 0 Å². The SMILES string of the molecule is N=C([Se])CCCCC[Se]. The third-order valence-electron chi connectivity index (χ3n) is 1.05. The van der Waals surface area contributed by atoms with Crippen LogP contribution in [0.15, 0.2) is 0 Å². The molecule has 0 amide bonds. The predicted molar refractivity (Wildman–Crippen MR) is 42.5 cm³/mol. The molecule has 3 heteroatoms. The Morgan fingerprint density at radius 1 is 1.22 bits per heavy atom. The van der Waals surface area contributed by atoms with Gasteiger partial charge in [0.1, 0.15) is 0 Å². The van der Waals surface area contributed by atoms with E-state index in [4.69, 9.17) is 5.41 Å². The molecule has 0 aliphatic carbocycles. The van der Waals surface area contributed by atoms with Crippen molar-refractivity contribution >= 4 is 36.6 Å². The van der Waals surface area contributed by atoms with Gasteiger partial charge in [-0.3, -0.25) is 0 Å². The average molecular weight is 255 g/mol. The van der Waals surface area contributed by atoms with Crippen LogP contribution in [0.5, 0.6) is 0 Å². The van der Waals surface area contributed by atoms with Crippen molar-refractivity contribution in [3.8, 4) is 0 Å². The van der Waals surface area contributed by atoms with Gasteiger partial charge >= 0.3 is 73.0 Å². The fraction of sp³-hybridized carbons (Fsp3) is 0.833. The zero-order valence-corrected chi connectivity index (χ0v) is 8.78. The van der Waals surface area contributed by atoms with Gasteiger partial charge in [0.05, 0.1) is 0 Å². The van der Waals surface area contributed by atoms with Crippen LogP contribution in [0.1, 0.15) is 25.7 Å². The molecular formula is C6H11NSe2. The Balaban J connectivity index is 2.83. The standard InChI is InChI=1S/C6H11NSe2/c7-6(9)4-2-1-3-5-8/h7H,1-5H2. The molecule has 0 rings (SSSR count). The van der Waals surface area contributed by atoms with Crippen LogP contribution < -0.4 is 0 Å². The van der Waals surface area contributed by atoms with Crippen molar-refractivity contribution in [2.45, 2.75) is 31.0 Å². The molecule has 2 radical (unpaired) electrons. The minimum absolute atomic E-state index is 0.690. The van der Waals surface area contributed by atoms with Crippen LogP contribution in [-0.4, -0.2) is 36.6 Å². The van der Waals surface area contributed by atoms with Gasteiger partial charge in [0, 0.05) is 0 Å². The van der Waals surface area contributed by atoms with Crippen LogP contribution in [-0.2, 0) is 0 Å². The summed E-state index contributed by atoms with van der Waals surface area (Å²) in [6.45, 7) is 0. The molecule has 1 N–H and O–H groups in total. The number of hydrogen-bond acceptors (Lipinski definition) is 1. The molecule has 0 aromatic rings.